The Bertz CT molecular complexity index is 2050. The van der Waals surface area contributed by atoms with Crippen LogP contribution >= 0.6 is 21.6 Å². The summed E-state index contributed by atoms with van der Waals surface area (Å²) in [5.74, 6) is -10.4. The van der Waals surface area contributed by atoms with Crippen LogP contribution in [0.3, 0.4) is 0 Å². The fourth-order valence-electron chi connectivity index (χ4n) is 7.34. The van der Waals surface area contributed by atoms with Gasteiger partial charge in [-0.1, -0.05) is 67.8 Å². The minimum atomic E-state index is -1.75. The molecule has 0 aliphatic carbocycles. The number of nitrogens with two attached hydrogens (primary N) is 4. The number of nitrogens with one attached hydrogen (secondary N) is 7. The summed E-state index contributed by atoms with van der Waals surface area (Å²) >= 11 is 0. The molecule has 2 heterocycles. The van der Waals surface area contributed by atoms with E-state index in [-0.39, 0.29) is 49.0 Å². The van der Waals surface area contributed by atoms with Crippen molar-refractivity contribution >= 4 is 86.6 Å². The molecule has 2 fully saturated rings. The number of benzene rings is 1. The third-order valence-corrected chi connectivity index (χ3v) is 13.7. The summed E-state index contributed by atoms with van der Waals surface area (Å²) in [5, 5.41) is 27.7. The molecular weight excluding hydrogens is 941 g/mol. The molecule has 0 radical (unpaired) electrons. The van der Waals surface area contributed by atoms with E-state index in [4.69, 9.17) is 22.9 Å². The first-order valence-electron chi connectivity index (χ1n) is 22.5. The van der Waals surface area contributed by atoms with Crippen molar-refractivity contribution in [3.8, 4) is 5.75 Å². The highest BCUT2D eigenvalue weighted by Gasteiger charge is 2.41. The fourth-order valence-corrected chi connectivity index (χ4v) is 9.62. The number of carbonyl (C=O) groups excluding carboxylic acids is 11. The molecule has 3 rings (SSSR count). The van der Waals surface area contributed by atoms with Crippen LogP contribution in [0.25, 0.3) is 0 Å². The van der Waals surface area contributed by atoms with Gasteiger partial charge in [0.2, 0.25) is 65.0 Å². The normalized spacial score (nSPS) is 24.3. The number of hydrogen-bond donors (Lipinski definition) is 12. The number of carbonyl (C=O) groups is 11. The van der Waals surface area contributed by atoms with Crippen molar-refractivity contribution < 1.29 is 57.8 Å². The SMILES string of the molecule is CC[C@@H](C)[C@H]1NC(=O)[C@@H](Cc2ccc(O)cc2)NC(=O)[C@@H](N)CSSC[C@@H](C(=O)N2CCC[C@H]2C(=O)N[C@@H](CC(C)C)C(=O)NCC(N)=O)NC(=O)[C@H](CC(N)=O)NC(=O)[C@@H](CCC(N)=O)NC1=O. The smallest absolute Gasteiger partial charge is 0.246 e. The zero-order valence-electron chi connectivity index (χ0n) is 39.1. The maximum atomic E-state index is 14.5. The van der Waals surface area contributed by atoms with Gasteiger partial charge in [0.1, 0.15) is 48.0 Å². The van der Waals surface area contributed by atoms with Crippen LogP contribution in [0.4, 0.5) is 0 Å². The largest absolute Gasteiger partial charge is 0.508 e. The van der Waals surface area contributed by atoms with Gasteiger partial charge in [0, 0.05) is 30.9 Å². The van der Waals surface area contributed by atoms with Crippen molar-refractivity contribution in [1.82, 2.24) is 42.1 Å². The molecule has 1 aromatic carbocycles. The number of rotatable bonds is 17. The highest BCUT2D eigenvalue weighted by Crippen LogP contribution is 2.26. The summed E-state index contributed by atoms with van der Waals surface area (Å²) in [4.78, 5) is 148. The van der Waals surface area contributed by atoms with E-state index in [2.05, 4.69) is 37.2 Å². The van der Waals surface area contributed by atoms with Crippen LogP contribution in [-0.4, -0.2) is 148 Å². The summed E-state index contributed by atoms with van der Waals surface area (Å²) in [6, 6.07) is -5.05. The predicted molar refractivity (Wildman–Crippen MR) is 254 cm³/mol. The molecule has 382 valence electrons. The first-order chi connectivity index (χ1) is 32.5. The monoisotopic (exact) mass is 1010 g/mol. The van der Waals surface area contributed by atoms with Crippen LogP contribution in [0.1, 0.15) is 78.2 Å². The third kappa shape index (κ3) is 18.7. The molecule has 1 aromatic rings. The first kappa shape index (κ1) is 57.2. The molecule has 24 nitrogen and oxygen atoms in total. The van der Waals surface area contributed by atoms with Gasteiger partial charge in [0.25, 0.3) is 0 Å². The lowest BCUT2D eigenvalue weighted by Gasteiger charge is -2.31. The highest BCUT2D eigenvalue weighted by molar-refractivity contribution is 8.76. The molecule has 0 unspecified atom stereocenters. The van der Waals surface area contributed by atoms with Crippen molar-refractivity contribution in [3.63, 3.8) is 0 Å². The molecule has 11 amide bonds. The van der Waals surface area contributed by atoms with E-state index in [1.165, 1.54) is 29.2 Å². The second kappa shape index (κ2) is 27.7. The first-order valence-corrected chi connectivity index (χ1v) is 25.0. The molecule has 0 saturated carbocycles. The van der Waals surface area contributed by atoms with E-state index in [0.29, 0.717) is 18.4 Å². The van der Waals surface area contributed by atoms with Gasteiger partial charge in [0.15, 0.2) is 0 Å². The lowest BCUT2D eigenvalue weighted by atomic mass is 9.96. The van der Waals surface area contributed by atoms with Crippen molar-refractivity contribution in [2.24, 2.45) is 34.8 Å². The van der Waals surface area contributed by atoms with Crippen LogP contribution in [0.15, 0.2) is 24.3 Å². The summed E-state index contributed by atoms with van der Waals surface area (Å²) in [5.41, 5.74) is 22.9. The van der Waals surface area contributed by atoms with E-state index < -0.39 is 145 Å². The lowest BCUT2D eigenvalue weighted by molar-refractivity contribution is -0.142. The maximum absolute atomic E-state index is 14.5. The molecule has 2 aliphatic heterocycles. The maximum Gasteiger partial charge on any atom is 0.246 e. The zero-order chi connectivity index (χ0) is 51.5. The van der Waals surface area contributed by atoms with Crippen LogP contribution in [0.5, 0.6) is 5.75 Å². The molecule has 26 heteroatoms. The Hall–Kier alpha value is -6.15. The number of phenolic OH excluding ortho intramolecular Hbond substituents is 1. The van der Waals surface area contributed by atoms with Crippen LogP contribution < -0.4 is 60.2 Å². The average Bonchev–Trinajstić information content (AvgIpc) is 3.78. The zero-order valence-corrected chi connectivity index (χ0v) is 40.7. The number of phenols is 1. The van der Waals surface area contributed by atoms with Crippen LogP contribution in [0.2, 0.25) is 0 Å². The van der Waals surface area contributed by atoms with Gasteiger partial charge >= 0.3 is 0 Å². The molecule has 0 aromatic heterocycles. The molecule has 0 bridgehead atoms. The van der Waals surface area contributed by atoms with Gasteiger partial charge in [-0.15, -0.1) is 0 Å². The predicted octanol–water partition coefficient (Wildman–Crippen LogP) is -3.61. The summed E-state index contributed by atoms with van der Waals surface area (Å²) in [7, 11) is 2.05. The minimum Gasteiger partial charge on any atom is -0.508 e. The van der Waals surface area contributed by atoms with Crippen molar-refractivity contribution in [1.29, 1.82) is 0 Å². The third-order valence-electron chi connectivity index (χ3n) is 11.3. The van der Waals surface area contributed by atoms with Crippen LogP contribution in [-0.2, 0) is 59.2 Å². The second-order valence-corrected chi connectivity index (χ2v) is 20.0. The topological polar surface area (TPSA) is 400 Å². The van der Waals surface area contributed by atoms with Gasteiger partial charge < -0.3 is 70.2 Å². The number of hydrogen-bond acceptors (Lipinski definition) is 15. The Balaban J connectivity index is 2.05. The van der Waals surface area contributed by atoms with Crippen molar-refractivity contribution in [2.75, 3.05) is 24.6 Å². The van der Waals surface area contributed by atoms with Gasteiger partial charge in [-0.3, -0.25) is 52.7 Å². The summed E-state index contributed by atoms with van der Waals surface area (Å²) in [6.07, 6.45) is -0.694. The molecule has 9 atom stereocenters. The van der Waals surface area contributed by atoms with Crippen molar-refractivity contribution in [2.45, 2.75) is 127 Å². The van der Waals surface area contributed by atoms with Gasteiger partial charge in [-0.05, 0) is 55.2 Å². The Morgan fingerprint density at radius 3 is 2.00 bits per heavy atom. The molecule has 16 N–H and O–H groups in total. The van der Waals surface area contributed by atoms with E-state index in [1.54, 1.807) is 13.8 Å². The fraction of sp³-hybridized carbons (Fsp3) is 0.605. The van der Waals surface area contributed by atoms with Gasteiger partial charge in [-0.2, -0.15) is 0 Å². The van der Waals surface area contributed by atoms with Gasteiger partial charge in [-0.25, -0.2) is 0 Å². The van der Waals surface area contributed by atoms with Gasteiger partial charge in [0.05, 0.1) is 19.0 Å². The highest BCUT2D eigenvalue weighted by atomic mass is 33.1. The molecule has 0 spiro atoms. The summed E-state index contributed by atoms with van der Waals surface area (Å²) < 4.78 is 0. The second-order valence-electron chi connectivity index (χ2n) is 17.4. The lowest BCUT2D eigenvalue weighted by Crippen LogP contribution is -2.61. The Labute approximate surface area is 407 Å². The van der Waals surface area contributed by atoms with E-state index in [1.807, 2.05) is 13.8 Å². The molecule has 69 heavy (non-hydrogen) atoms. The quantitative estimate of drug-likeness (QED) is 0.0671. The molecule has 2 aliphatic rings. The number of primary amides is 3. The Morgan fingerprint density at radius 2 is 1.39 bits per heavy atom. The average molecular weight is 1010 g/mol. The van der Waals surface area contributed by atoms with E-state index >= 15 is 0 Å². The number of aromatic hydroxyl groups is 1. The number of nitrogens with zero attached hydrogens (tertiary/aromatic N) is 1. The molecular formula is C43H66N12O12S2. The molecule has 2 saturated heterocycles. The minimum absolute atomic E-state index is 0.0468. The number of likely N-dealkylation sites (tertiary alicyclic amines) is 1. The standard InChI is InChI=1S/C43H66N12O12S2/c1-5-22(4)35-42(66)49-26(12-13-32(45)57)38(62)51-29(17-33(46)58)39(63)53-30(20-69-68-19-25(44)36(60)50-28(40(64)54-35)16-23-8-10-24(56)11-9-23)43(67)55-14-6-7-31(55)41(65)52-27(15-21(2)3)37(61)48-18-34(47)59/h8-11,21-22,25-31,35,56H,5-7,12-20,44H2,1-4H3,(H2,45,57)(H2,46,58)(H2,47,59)(H,48,61)(H,49,66)(H,50,60)(H,51,62)(H,52,65)(H,53,63)(H,54,64)/t22-,25+,26-,27+,28-,29+,30+,31+,35-/m1/s1. The van der Waals surface area contributed by atoms with Crippen LogP contribution in [0, 0.1) is 11.8 Å². The van der Waals surface area contributed by atoms with E-state index in [9.17, 15) is 57.8 Å². The summed E-state index contributed by atoms with van der Waals surface area (Å²) in [6.45, 7) is 6.60. The van der Waals surface area contributed by atoms with E-state index in [0.717, 1.165) is 21.6 Å². The van der Waals surface area contributed by atoms with Crippen molar-refractivity contribution in [3.05, 3.63) is 29.8 Å². The number of amides is 11. The Morgan fingerprint density at radius 1 is 0.783 bits per heavy atom. The Kier molecular flexibility index (Phi) is 23.0.